The highest BCUT2D eigenvalue weighted by Gasteiger charge is 2.42. The standard InChI is InChI=1S/C21H36N4O3.HI/c1-25(2)19(26)13-23-20(24-18-11-15-6-7-16(18)10-15)22-12-17-14-27-21(28-17)8-4-3-5-9-21;/h15-18H,3-14H2,1-2H3,(H2,22,23,24);1H. The summed E-state index contributed by atoms with van der Waals surface area (Å²) in [5.41, 5.74) is 0. The normalized spacial score (nSPS) is 32.8. The molecule has 3 saturated carbocycles. The van der Waals surface area contributed by atoms with Crippen molar-refractivity contribution in [1.82, 2.24) is 15.5 Å². The molecule has 4 fully saturated rings. The maximum absolute atomic E-state index is 12.0. The van der Waals surface area contributed by atoms with Gasteiger partial charge in [0.15, 0.2) is 11.7 Å². The van der Waals surface area contributed by atoms with E-state index < -0.39 is 0 Å². The molecule has 1 spiro atoms. The zero-order valence-corrected chi connectivity index (χ0v) is 20.2. The van der Waals surface area contributed by atoms with Crippen LogP contribution in [0.1, 0.15) is 57.8 Å². The molecule has 4 rings (SSSR count). The van der Waals surface area contributed by atoms with Gasteiger partial charge in [0, 0.05) is 39.5 Å². The van der Waals surface area contributed by atoms with Crippen LogP contribution in [0, 0.1) is 11.8 Å². The van der Waals surface area contributed by atoms with E-state index in [0.29, 0.717) is 19.2 Å². The largest absolute Gasteiger partial charge is 0.354 e. The Labute approximate surface area is 191 Å². The predicted molar refractivity (Wildman–Crippen MR) is 123 cm³/mol. The lowest BCUT2D eigenvalue weighted by molar-refractivity contribution is -0.186. The summed E-state index contributed by atoms with van der Waals surface area (Å²) in [6.45, 7) is 1.45. The lowest BCUT2D eigenvalue weighted by Gasteiger charge is -2.32. The van der Waals surface area contributed by atoms with Crippen LogP contribution in [0.5, 0.6) is 0 Å². The van der Waals surface area contributed by atoms with Crippen LogP contribution in [0.4, 0.5) is 0 Å². The zero-order chi connectivity index (χ0) is 19.6. The van der Waals surface area contributed by atoms with Gasteiger partial charge in [0.2, 0.25) is 5.91 Å². The van der Waals surface area contributed by atoms with Gasteiger partial charge >= 0.3 is 0 Å². The molecule has 4 atom stereocenters. The highest BCUT2D eigenvalue weighted by molar-refractivity contribution is 14.0. The summed E-state index contributed by atoms with van der Waals surface area (Å²) < 4.78 is 12.3. The number of aliphatic imine (C=N–C) groups is 1. The Bertz CT molecular complexity index is 594. The fraction of sp³-hybridized carbons (Fsp3) is 0.905. The third-order valence-corrected chi connectivity index (χ3v) is 6.96. The van der Waals surface area contributed by atoms with E-state index in [2.05, 4.69) is 15.6 Å². The van der Waals surface area contributed by atoms with E-state index in [1.54, 1.807) is 19.0 Å². The predicted octanol–water partition coefficient (Wildman–Crippen LogP) is 2.49. The number of guanidine groups is 1. The van der Waals surface area contributed by atoms with Crippen LogP contribution in [0.15, 0.2) is 4.99 Å². The van der Waals surface area contributed by atoms with Crippen LogP contribution >= 0.6 is 24.0 Å². The van der Waals surface area contributed by atoms with Crippen molar-refractivity contribution >= 4 is 35.8 Å². The monoisotopic (exact) mass is 520 g/mol. The number of ether oxygens (including phenoxy) is 2. The highest BCUT2D eigenvalue weighted by atomic mass is 127. The molecule has 2 N–H and O–H groups in total. The second-order valence-electron chi connectivity index (χ2n) is 9.28. The lowest BCUT2D eigenvalue weighted by atomic mass is 9.94. The molecular formula is C21H37IN4O3. The molecule has 1 heterocycles. The second kappa shape index (κ2) is 10.1. The molecule has 7 nitrogen and oxygen atoms in total. The summed E-state index contributed by atoms with van der Waals surface area (Å²) in [5.74, 6) is 2.01. The molecule has 0 aromatic carbocycles. The smallest absolute Gasteiger partial charge is 0.243 e. The van der Waals surface area contributed by atoms with Gasteiger partial charge in [0.1, 0.15) is 12.6 Å². The van der Waals surface area contributed by atoms with E-state index in [1.807, 2.05) is 0 Å². The van der Waals surface area contributed by atoms with E-state index in [0.717, 1.165) is 30.6 Å². The number of hydrogen-bond donors (Lipinski definition) is 2. The van der Waals surface area contributed by atoms with Crippen LogP contribution in [-0.4, -0.2) is 68.5 Å². The first-order chi connectivity index (χ1) is 13.5. The van der Waals surface area contributed by atoms with Gasteiger partial charge < -0.3 is 25.0 Å². The van der Waals surface area contributed by atoms with E-state index in [-0.39, 0.29) is 48.3 Å². The number of nitrogens with one attached hydrogen (secondary N) is 2. The number of carbonyl (C=O) groups excluding carboxylic acids is 1. The van der Waals surface area contributed by atoms with Gasteiger partial charge in [-0.15, -0.1) is 24.0 Å². The van der Waals surface area contributed by atoms with Crippen LogP contribution in [-0.2, 0) is 14.3 Å². The number of rotatable bonds is 5. The van der Waals surface area contributed by atoms with Gasteiger partial charge in [0.25, 0.3) is 0 Å². The average Bonchev–Trinajstić information content (AvgIpc) is 3.40. The van der Waals surface area contributed by atoms with Crippen molar-refractivity contribution < 1.29 is 14.3 Å². The number of carbonyl (C=O) groups is 1. The van der Waals surface area contributed by atoms with Gasteiger partial charge in [-0.2, -0.15) is 0 Å². The van der Waals surface area contributed by atoms with Gasteiger partial charge in [-0.3, -0.25) is 4.79 Å². The Kier molecular flexibility index (Phi) is 8.06. The minimum Gasteiger partial charge on any atom is -0.354 e. The molecule has 0 radical (unpaired) electrons. The van der Waals surface area contributed by atoms with Crippen LogP contribution in [0.3, 0.4) is 0 Å². The van der Waals surface area contributed by atoms with E-state index in [9.17, 15) is 4.79 Å². The first-order valence-corrected chi connectivity index (χ1v) is 11.1. The van der Waals surface area contributed by atoms with Gasteiger partial charge in [-0.25, -0.2) is 4.99 Å². The van der Waals surface area contributed by atoms with Crippen molar-refractivity contribution in [3.63, 3.8) is 0 Å². The molecule has 4 aliphatic rings. The Morgan fingerprint density at radius 3 is 2.62 bits per heavy atom. The fourth-order valence-electron chi connectivity index (χ4n) is 5.32. The first kappa shape index (κ1) is 23.1. The summed E-state index contributed by atoms with van der Waals surface area (Å²) in [5, 5.41) is 7.04. The van der Waals surface area contributed by atoms with Crippen molar-refractivity contribution in [3.05, 3.63) is 0 Å². The van der Waals surface area contributed by atoms with Gasteiger partial charge in [-0.1, -0.05) is 12.8 Å². The number of fused-ring (bicyclic) bond motifs is 2. The number of hydrogen-bond acceptors (Lipinski definition) is 4. The fourth-order valence-corrected chi connectivity index (χ4v) is 5.32. The summed E-state index contributed by atoms with van der Waals surface area (Å²) >= 11 is 0. The Balaban J connectivity index is 0.00000240. The van der Waals surface area contributed by atoms with Crippen molar-refractivity contribution in [2.24, 2.45) is 16.8 Å². The molecule has 29 heavy (non-hydrogen) atoms. The Morgan fingerprint density at radius 2 is 1.97 bits per heavy atom. The number of nitrogens with zero attached hydrogens (tertiary/aromatic N) is 2. The van der Waals surface area contributed by atoms with E-state index >= 15 is 0 Å². The van der Waals surface area contributed by atoms with Crippen molar-refractivity contribution in [1.29, 1.82) is 0 Å². The molecule has 2 bridgehead atoms. The van der Waals surface area contributed by atoms with Gasteiger partial charge in [0.05, 0.1) is 6.61 Å². The van der Waals surface area contributed by atoms with Crippen LogP contribution in [0.2, 0.25) is 0 Å². The Hall–Kier alpha value is -0.610. The third-order valence-electron chi connectivity index (χ3n) is 6.96. The molecule has 1 amide bonds. The summed E-state index contributed by atoms with van der Waals surface area (Å²) in [6, 6.07) is 0.477. The molecular weight excluding hydrogens is 483 g/mol. The molecule has 4 unspecified atom stereocenters. The molecule has 8 heteroatoms. The molecule has 166 valence electrons. The van der Waals surface area contributed by atoms with E-state index in [4.69, 9.17) is 9.47 Å². The maximum Gasteiger partial charge on any atom is 0.243 e. The number of halogens is 1. The SMILES string of the molecule is CN(C)C(=O)CN=C(NCC1COC2(CCCCC2)O1)NC1CC2CCC1C2.I. The minimum absolute atomic E-state index is 0. The maximum atomic E-state index is 12.0. The molecule has 0 aromatic heterocycles. The number of likely N-dealkylation sites (N-methyl/N-ethyl adjacent to an activating group) is 1. The van der Waals surface area contributed by atoms with E-state index in [1.165, 1.54) is 44.9 Å². The van der Waals surface area contributed by atoms with Crippen LogP contribution in [0.25, 0.3) is 0 Å². The molecule has 1 aliphatic heterocycles. The highest BCUT2D eigenvalue weighted by Crippen LogP contribution is 2.44. The van der Waals surface area contributed by atoms with Crippen molar-refractivity contribution in [2.75, 3.05) is 33.8 Å². The third kappa shape index (κ3) is 5.76. The van der Waals surface area contributed by atoms with Gasteiger partial charge in [-0.05, 0) is 43.9 Å². The first-order valence-electron chi connectivity index (χ1n) is 11.1. The van der Waals surface area contributed by atoms with Crippen molar-refractivity contribution in [3.8, 4) is 0 Å². The topological polar surface area (TPSA) is 75.2 Å². The minimum atomic E-state index is -0.346. The lowest BCUT2D eigenvalue weighted by Crippen LogP contribution is -2.48. The molecule has 1 saturated heterocycles. The molecule has 0 aromatic rings. The summed E-state index contributed by atoms with van der Waals surface area (Å²) in [6.07, 6.45) is 10.9. The average molecular weight is 520 g/mol. The summed E-state index contributed by atoms with van der Waals surface area (Å²) in [7, 11) is 3.53. The quantitative estimate of drug-likeness (QED) is 0.331. The molecule has 3 aliphatic carbocycles. The summed E-state index contributed by atoms with van der Waals surface area (Å²) in [4.78, 5) is 18.1. The second-order valence-corrected chi connectivity index (χ2v) is 9.28. The number of amides is 1. The van der Waals surface area contributed by atoms with Crippen LogP contribution < -0.4 is 10.6 Å². The Morgan fingerprint density at radius 1 is 1.17 bits per heavy atom. The van der Waals surface area contributed by atoms with Crippen molar-refractivity contribution in [2.45, 2.75) is 75.7 Å². The zero-order valence-electron chi connectivity index (χ0n) is 17.8.